The first-order valence-electron chi connectivity index (χ1n) is 9.96. The Kier molecular flexibility index (Phi) is 6.98. The van der Waals surface area contributed by atoms with Gasteiger partial charge in [0.25, 0.3) is 0 Å². The molecule has 1 aromatic carbocycles. The Morgan fingerprint density at radius 3 is 2.75 bits per heavy atom. The monoisotopic (exact) mass is 495 g/mol. The van der Waals surface area contributed by atoms with Crippen LogP contribution in [-0.2, 0) is 11.3 Å². The van der Waals surface area contributed by atoms with Gasteiger partial charge in [-0.15, -0.1) is 24.0 Å². The van der Waals surface area contributed by atoms with E-state index in [1.54, 1.807) is 0 Å². The molecule has 2 fully saturated rings. The summed E-state index contributed by atoms with van der Waals surface area (Å²) in [6.07, 6.45) is 4.20. The third-order valence-electron chi connectivity index (χ3n) is 5.41. The molecule has 2 N–H and O–H groups in total. The Labute approximate surface area is 184 Å². The molecule has 1 aromatic heterocycles. The molecule has 3 atom stereocenters. The second-order valence-corrected chi connectivity index (χ2v) is 7.52. The highest BCUT2D eigenvalue weighted by atomic mass is 127. The van der Waals surface area contributed by atoms with Gasteiger partial charge in [-0.3, -0.25) is 0 Å². The fourth-order valence-electron chi connectivity index (χ4n) is 4.17. The lowest BCUT2D eigenvalue weighted by atomic mass is 9.96. The summed E-state index contributed by atoms with van der Waals surface area (Å²) in [6, 6.07) is 10.8. The van der Waals surface area contributed by atoms with Gasteiger partial charge in [0, 0.05) is 12.2 Å². The number of ether oxygens (including phenoxy) is 1. The van der Waals surface area contributed by atoms with Crippen molar-refractivity contribution in [2.75, 3.05) is 6.54 Å². The molecule has 4 rings (SSSR count). The van der Waals surface area contributed by atoms with Gasteiger partial charge in [0.15, 0.2) is 5.96 Å². The summed E-state index contributed by atoms with van der Waals surface area (Å²) in [4.78, 5) is 4.85. The maximum atomic E-state index is 5.96. The molecule has 2 saturated heterocycles. The Hall–Kier alpha value is -1.61. The van der Waals surface area contributed by atoms with Gasteiger partial charge in [-0.2, -0.15) is 5.10 Å². The maximum Gasteiger partial charge on any atom is 0.191 e. The summed E-state index contributed by atoms with van der Waals surface area (Å²) in [7, 11) is 0. The number of hydrogen-bond donors (Lipinski definition) is 2. The highest BCUT2D eigenvalue weighted by Gasteiger charge is 2.41. The van der Waals surface area contributed by atoms with Crippen molar-refractivity contribution in [3.05, 3.63) is 47.3 Å². The van der Waals surface area contributed by atoms with Crippen LogP contribution in [-0.4, -0.2) is 40.5 Å². The Morgan fingerprint density at radius 1 is 1.29 bits per heavy atom. The minimum atomic E-state index is 0. The molecule has 2 aromatic rings. The van der Waals surface area contributed by atoms with E-state index < -0.39 is 0 Å². The topological polar surface area (TPSA) is 63.5 Å². The number of fused-ring (bicyclic) bond motifs is 2. The summed E-state index contributed by atoms with van der Waals surface area (Å²) in [5.74, 6) is 0.863. The van der Waals surface area contributed by atoms with Crippen molar-refractivity contribution in [1.82, 2.24) is 20.4 Å². The second-order valence-electron chi connectivity index (χ2n) is 7.52. The Balaban J connectivity index is 0.00000225. The highest BCUT2D eigenvalue weighted by Crippen LogP contribution is 2.34. The van der Waals surface area contributed by atoms with Crippen molar-refractivity contribution in [2.24, 2.45) is 4.99 Å². The molecule has 2 bridgehead atoms. The van der Waals surface area contributed by atoms with Gasteiger partial charge in [-0.25, -0.2) is 9.67 Å². The first-order chi connectivity index (χ1) is 13.1. The standard InChI is InChI=1S/C21H29N5O.HI/c1-4-22-21(24-18-12-17-9-10-20(18)27-17)23-13-16-7-5-6-8-19(16)26-15(3)11-14(2)25-26;/h5-8,11,17-18,20H,4,9-10,12-13H2,1-3H3,(H2,22,23,24);1H. The van der Waals surface area contributed by atoms with E-state index >= 15 is 0 Å². The molecule has 2 aliphatic heterocycles. The van der Waals surface area contributed by atoms with Crippen molar-refractivity contribution in [3.63, 3.8) is 0 Å². The van der Waals surface area contributed by atoms with Crippen molar-refractivity contribution >= 4 is 29.9 Å². The van der Waals surface area contributed by atoms with Crippen LogP contribution in [0, 0.1) is 13.8 Å². The molecule has 0 spiro atoms. The molecule has 28 heavy (non-hydrogen) atoms. The lowest BCUT2D eigenvalue weighted by molar-refractivity contribution is 0.0992. The summed E-state index contributed by atoms with van der Waals surface area (Å²) in [6.45, 7) is 7.64. The van der Waals surface area contributed by atoms with E-state index in [9.17, 15) is 0 Å². The second kappa shape index (κ2) is 9.26. The average molecular weight is 495 g/mol. The van der Waals surface area contributed by atoms with Gasteiger partial charge in [0.1, 0.15) is 0 Å². The van der Waals surface area contributed by atoms with Crippen LogP contribution in [0.25, 0.3) is 5.69 Å². The number of nitrogens with one attached hydrogen (secondary N) is 2. The average Bonchev–Trinajstić information content (AvgIpc) is 3.36. The number of hydrogen-bond acceptors (Lipinski definition) is 3. The Morgan fingerprint density at radius 2 is 2.11 bits per heavy atom. The number of aryl methyl sites for hydroxylation is 2. The van der Waals surface area contributed by atoms with Crippen molar-refractivity contribution in [1.29, 1.82) is 0 Å². The number of aliphatic imine (C=N–C) groups is 1. The third kappa shape index (κ3) is 4.51. The lowest BCUT2D eigenvalue weighted by Gasteiger charge is -2.22. The maximum absolute atomic E-state index is 5.96. The first-order valence-corrected chi connectivity index (χ1v) is 9.96. The van der Waals surface area contributed by atoms with Crippen LogP contribution in [0.3, 0.4) is 0 Å². The number of para-hydroxylation sites is 1. The Bertz CT molecular complexity index is 834. The minimum Gasteiger partial charge on any atom is -0.373 e. The van der Waals surface area contributed by atoms with Crippen molar-refractivity contribution in [2.45, 2.75) is 64.8 Å². The van der Waals surface area contributed by atoms with E-state index in [0.29, 0.717) is 24.8 Å². The van der Waals surface area contributed by atoms with E-state index in [-0.39, 0.29) is 24.0 Å². The summed E-state index contributed by atoms with van der Waals surface area (Å²) < 4.78 is 7.97. The van der Waals surface area contributed by atoms with Crippen LogP contribution in [0.1, 0.15) is 43.1 Å². The predicted octanol–water partition coefficient (Wildman–Crippen LogP) is 3.48. The van der Waals surface area contributed by atoms with Crippen LogP contribution in [0.15, 0.2) is 35.3 Å². The quantitative estimate of drug-likeness (QED) is 0.379. The summed E-state index contributed by atoms with van der Waals surface area (Å²) >= 11 is 0. The molecule has 7 heteroatoms. The smallest absolute Gasteiger partial charge is 0.191 e. The number of nitrogens with zero attached hydrogens (tertiary/aromatic N) is 3. The number of aromatic nitrogens is 2. The number of halogens is 1. The molecule has 0 saturated carbocycles. The zero-order valence-electron chi connectivity index (χ0n) is 16.8. The molecule has 3 heterocycles. The SMILES string of the molecule is CCNC(=NCc1ccccc1-n1nc(C)cc1C)NC1CC2CCC1O2.I. The molecule has 3 unspecified atom stereocenters. The molecular weight excluding hydrogens is 465 g/mol. The van der Waals surface area contributed by atoms with Gasteiger partial charge in [-0.1, -0.05) is 18.2 Å². The van der Waals surface area contributed by atoms with E-state index in [4.69, 9.17) is 9.73 Å². The zero-order valence-corrected chi connectivity index (χ0v) is 19.1. The van der Waals surface area contributed by atoms with Crippen LogP contribution >= 0.6 is 24.0 Å². The number of guanidine groups is 1. The van der Waals surface area contributed by atoms with Crippen molar-refractivity contribution < 1.29 is 4.74 Å². The molecule has 2 aliphatic rings. The fourth-order valence-corrected chi connectivity index (χ4v) is 4.17. The van der Waals surface area contributed by atoms with E-state index in [1.165, 1.54) is 6.42 Å². The molecule has 0 radical (unpaired) electrons. The predicted molar refractivity (Wildman–Crippen MR) is 123 cm³/mol. The summed E-state index contributed by atoms with van der Waals surface area (Å²) in [5.41, 5.74) is 4.40. The van der Waals surface area contributed by atoms with Gasteiger partial charge < -0.3 is 15.4 Å². The van der Waals surface area contributed by atoms with E-state index in [0.717, 1.165) is 48.0 Å². The van der Waals surface area contributed by atoms with Gasteiger partial charge in [0.2, 0.25) is 0 Å². The molecular formula is C21H30IN5O. The lowest BCUT2D eigenvalue weighted by Crippen LogP contribution is -2.47. The van der Waals surface area contributed by atoms with E-state index in [1.807, 2.05) is 11.6 Å². The van der Waals surface area contributed by atoms with Crippen LogP contribution in [0.5, 0.6) is 0 Å². The largest absolute Gasteiger partial charge is 0.373 e. The molecule has 0 amide bonds. The minimum absolute atomic E-state index is 0. The van der Waals surface area contributed by atoms with Crippen LogP contribution in [0.4, 0.5) is 0 Å². The van der Waals surface area contributed by atoms with Crippen molar-refractivity contribution in [3.8, 4) is 5.69 Å². The van der Waals surface area contributed by atoms with Gasteiger partial charge in [-0.05, 0) is 57.7 Å². The van der Waals surface area contributed by atoms with Crippen LogP contribution < -0.4 is 10.6 Å². The van der Waals surface area contributed by atoms with Gasteiger partial charge >= 0.3 is 0 Å². The zero-order chi connectivity index (χ0) is 18.8. The van der Waals surface area contributed by atoms with Crippen LogP contribution in [0.2, 0.25) is 0 Å². The fraction of sp³-hybridized carbons (Fsp3) is 0.524. The highest BCUT2D eigenvalue weighted by molar-refractivity contribution is 14.0. The third-order valence-corrected chi connectivity index (χ3v) is 5.41. The summed E-state index contributed by atoms with van der Waals surface area (Å²) in [5, 5.41) is 11.6. The van der Waals surface area contributed by atoms with E-state index in [2.05, 4.69) is 59.9 Å². The van der Waals surface area contributed by atoms with Gasteiger partial charge in [0.05, 0.1) is 36.2 Å². The first kappa shape index (κ1) is 21.1. The molecule has 152 valence electrons. The normalized spacial score (nSPS) is 23.5. The number of rotatable bonds is 5. The molecule has 0 aliphatic carbocycles. The molecule has 6 nitrogen and oxygen atoms in total. The number of benzene rings is 1.